The largest absolute Gasteiger partial charge is 0.496 e. The van der Waals surface area contributed by atoms with Gasteiger partial charge in [-0.25, -0.2) is 9.18 Å². The molecule has 4 aromatic rings. The van der Waals surface area contributed by atoms with E-state index in [9.17, 15) is 9.59 Å². The van der Waals surface area contributed by atoms with E-state index in [2.05, 4.69) is 17.0 Å². The van der Waals surface area contributed by atoms with Gasteiger partial charge < -0.3 is 19.7 Å². The van der Waals surface area contributed by atoms with E-state index >= 15 is 4.39 Å². The number of fused-ring (bicyclic) bond motifs is 1. The van der Waals surface area contributed by atoms with Gasteiger partial charge in [0.1, 0.15) is 17.2 Å². The van der Waals surface area contributed by atoms with Crippen LogP contribution in [0.3, 0.4) is 0 Å². The van der Waals surface area contributed by atoms with Crippen LogP contribution in [-0.2, 0) is 22.6 Å². The highest BCUT2D eigenvalue weighted by atomic mass is 35.5. The van der Waals surface area contributed by atoms with Gasteiger partial charge in [0.25, 0.3) is 0 Å². The molecule has 8 nitrogen and oxygen atoms in total. The summed E-state index contributed by atoms with van der Waals surface area (Å²) in [5.74, 6) is -0.371. The van der Waals surface area contributed by atoms with Crippen LogP contribution in [0, 0.1) is 5.82 Å². The van der Waals surface area contributed by atoms with Gasteiger partial charge in [-0.2, -0.15) is 5.10 Å². The van der Waals surface area contributed by atoms with Crippen LogP contribution in [-0.4, -0.2) is 52.0 Å². The van der Waals surface area contributed by atoms with Crippen molar-refractivity contribution in [2.75, 3.05) is 13.7 Å². The van der Waals surface area contributed by atoms with Crippen LogP contribution in [0.2, 0.25) is 5.02 Å². The van der Waals surface area contributed by atoms with E-state index in [4.69, 9.17) is 21.1 Å². The first-order chi connectivity index (χ1) is 21.0. The maximum absolute atomic E-state index is 16.0. The Morgan fingerprint density at radius 3 is 2.61 bits per heavy atom. The molecule has 1 aliphatic heterocycles. The molecule has 10 heteroatoms. The molecular weight excluding hydrogens is 583 g/mol. The summed E-state index contributed by atoms with van der Waals surface area (Å²) in [6.07, 6.45) is 3.95. The van der Waals surface area contributed by atoms with Gasteiger partial charge in [0.05, 0.1) is 36.9 Å². The quantitative estimate of drug-likeness (QED) is 0.198. The maximum Gasteiger partial charge on any atom is 0.410 e. The minimum absolute atomic E-state index is 0.0757. The van der Waals surface area contributed by atoms with Crippen molar-refractivity contribution in [2.24, 2.45) is 0 Å². The molecule has 0 spiro atoms. The molecule has 0 bridgehead atoms. The first kappa shape index (κ1) is 31.1. The topological polar surface area (TPSA) is 85.7 Å². The van der Waals surface area contributed by atoms with Gasteiger partial charge in [0.15, 0.2) is 0 Å². The number of hydrogen-bond acceptors (Lipinski definition) is 5. The first-order valence-corrected chi connectivity index (χ1v) is 14.8. The fourth-order valence-electron chi connectivity index (χ4n) is 5.47. The minimum Gasteiger partial charge on any atom is -0.496 e. The van der Waals surface area contributed by atoms with Crippen molar-refractivity contribution in [2.45, 2.75) is 58.3 Å². The molecule has 44 heavy (non-hydrogen) atoms. The van der Waals surface area contributed by atoms with Gasteiger partial charge in [-0.3, -0.25) is 9.48 Å². The molecule has 1 aliphatic rings. The Morgan fingerprint density at radius 2 is 1.93 bits per heavy atom. The van der Waals surface area contributed by atoms with Crippen LogP contribution in [0.4, 0.5) is 9.18 Å². The fraction of sp³-hybridized carbons (Fsp3) is 0.324. The summed E-state index contributed by atoms with van der Waals surface area (Å²) < 4.78 is 29.1. The summed E-state index contributed by atoms with van der Waals surface area (Å²) in [7, 11) is 1.46. The highest BCUT2D eigenvalue weighted by Crippen LogP contribution is 2.41. The standard InChI is InChI=1S/C34H36ClFN4O4/c1-6-15-40-29-12-8-10-24(26(29)18-37-40)25-11-7-9-23(32(25)35)21-16-28(36)27(30(17-21)43-5)20-39(33(42)44-34(2,3)4)19-22-13-14-31(41)38-22/h6-12,16-18,22H,1,13-15,19-20H2,2-5H3,(H,38,41)/t22-/m0/s1. The molecule has 0 aliphatic carbocycles. The van der Waals surface area contributed by atoms with Crippen LogP contribution in [0.5, 0.6) is 5.75 Å². The molecule has 230 valence electrons. The van der Waals surface area contributed by atoms with E-state index in [1.54, 1.807) is 32.9 Å². The number of methoxy groups -OCH3 is 1. The maximum atomic E-state index is 16.0. The van der Waals surface area contributed by atoms with Gasteiger partial charge in [-0.15, -0.1) is 6.58 Å². The van der Waals surface area contributed by atoms with Crippen LogP contribution >= 0.6 is 11.6 Å². The highest BCUT2D eigenvalue weighted by Gasteiger charge is 2.30. The second-order valence-corrected chi connectivity index (χ2v) is 12.2. The highest BCUT2D eigenvalue weighted by molar-refractivity contribution is 6.36. The van der Waals surface area contributed by atoms with Gasteiger partial charge in [-0.05, 0) is 56.5 Å². The number of halogens is 2. The molecule has 0 saturated carbocycles. The number of hydrogen-bond donors (Lipinski definition) is 1. The van der Waals surface area contributed by atoms with Crippen LogP contribution < -0.4 is 10.1 Å². The van der Waals surface area contributed by atoms with E-state index in [0.717, 1.165) is 22.0 Å². The smallest absolute Gasteiger partial charge is 0.410 e. The molecule has 2 heterocycles. The minimum atomic E-state index is -0.753. The summed E-state index contributed by atoms with van der Waals surface area (Å²) in [6, 6.07) is 14.4. The Kier molecular flexibility index (Phi) is 8.97. The molecule has 0 radical (unpaired) electrons. The molecule has 1 fully saturated rings. The zero-order chi connectivity index (χ0) is 31.6. The molecule has 1 aromatic heterocycles. The number of benzene rings is 3. The SMILES string of the molecule is C=CCn1ncc2c(-c3cccc(-c4cc(F)c(CN(C[C@@H]5CCC(=O)N5)C(=O)OC(C)(C)C)c(OC)c4)c3Cl)cccc21. The summed E-state index contributed by atoms with van der Waals surface area (Å²) in [5, 5.41) is 8.76. The zero-order valence-corrected chi connectivity index (χ0v) is 26.1. The molecule has 2 amide bonds. The van der Waals surface area contributed by atoms with Crippen molar-refractivity contribution in [3.8, 4) is 28.0 Å². The van der Waals surface area contributed by atoms with Crippen LogP contribution in [0.25, 0.3) is 33.2 Å². The summed E-state index contributed by atoms with van der Waals surface area (Å²) in [4.78, 5) is 26.4. The van der Waals surface area contributed by atoms with Crippen LogP contribution in [0.15, 0.2) is 67.4 Å². The predicted octanol–water partition coefficient (Wildman–Crippen LogP) is 7.37. The number of ether oxygens (including phenoxy) is 2. The van der Waals surface area contributed by atoms with Crippen molar-refractivity contribution < 1.29 is 23.5 Å². The van der Waals surface area contributed by atoms with Crippen LogP contribution in [0.1, 0.15) is 39.2 Å². The summed E-state index contributed by atoms with van der Waals surface area (Å²) >= 11 is 7.02. The third-order valence-corrected chi connectivity index (χ3v) is 7.90. The van der Waals surface area contributed by atoms with E-state index < -0.39 is 17.5 Å². The average Bonchev–Trinajstić information content (AvgIpc) is 3.58. The second kappa shape index (κ2) is 12.7. The Balaban J connectivity index is 1.50. The fourth-order valence-corrected chi connectivity index (χ4v) is 5.81. The Bertz CT molecular complexity index is 1730. The second-order valence-electron chi connectivity index (χ2n) is 11.8. The number of rotatable bonds is 9. The van der Waals surface area contributed by atoms with Gasteiger partial charge >= 0.3 is 6.09 Å². The van der Waals surface area contributed by atoms with Crippen molar-refractivity contribution in [3.05, 3.63) is 83.8 Å². The predicted molar refractivity (Wildman–Crippen MR) is 170 cm³/mol. The average molecular weight is 619 g/mol. The lowest BCUT2D eigenvalue weighted by Crippen LogP contribution is -2.44. The normalized spacial score (nSPS) is 14.9. The third-order valence-electron chi connectivity index (χ3n) is 7.49. The van der Waals surface area contributed by atoms with E-state index in [1.807, 2.05) is 47.3 Å². The Labute approximate surface area is 261 Å². The van der Waals surface area contributed by atoms with Crippen molar-refractivity contribution in [1.29, 1.82) is 0 Å². The van der Waals surface area contributed by atoms with E-state index in [0.29, 0.717) is 35.5 Å². The lowest BCUT2D eigenvalue weighted by atomic mass is 9.96. The molecular formula is C34H36ClFN4O4. The Hall–Kier alpha value is -4.37. The van der Waals surface area contributed by atoms with Crippen molar-refractivity contribution in [3.63, 3.8) is 0 Å². The monoisotopic (exact) mass is 618 g/mol. The third kappa shape index (κ3) is 6.58. The van der Waals surface area contributed by atoms with Gasteiger partial charge in [0.2, 0.25) is 5.91 Å². The number of allylic oxidation sites excluding steroid dienone is 1. The summed E-state index contributed by atoms with van der Waals surface area (Å²) in [5.41, 5.74) is 3.23. The van der Waals surface area contributed by atoms with Gasteiger partial charge in [0, 0.05) is 41.1 Å². The molecule has 1 atom stereocenters. The lowest BCUT2D eigenvalue weighted by molar-refractivity contribution is -0.119. The number of nitrogens with zero attached hydrogens (tertiary/aromatic N) is 3. The van der Waals surface area contributed by atoms with E-state index in [1.165, 1.54) is 18.1 Å². The van der Waals surface area contributed by atoms with Crippen molar-refractivity contribution in [1.82, 2.24) is 20.0 Å². The summed E-state index contributed by atoms with van der Waals surface area (Å²) in [6.45, 7) is 9.75. The molecule has 1 saturated heterocycles. The lowest BCUT2D eigenvalue weighted by Gasteiger charge is -2.30. The molecule has 1 N–H and O–H groups in total. The number of carbonyl (C=O) groups is 2. The van der Waals surface area contributed by atoms with Gasteiger partial charge in [-0.1, -0.05) is 48.0 Å². The number of amides is 2. The Morgan fingerprint density at radius 1 is 1.20 bits per heavy atom. The number of nitrogens with one attached hydrogen (secondary N) is 1. The van der Waals surface area contributed by atoms with Crippen molar-refractivity contribution >= 4 is 34.5 Å². The molecule has 5 rings (SSSR count). The molecule has 3 aromatic carbocycles. The number of carbonyl (C=O) groups excluding carboxylic acids is 2. The number of aromatic nitrogens is 2. The molecule has 0 unspecified atom stereocenters. The zero-order valence-electron chi connectivity index (χ0n) is 25.3. The van der Waals surface area contributed by atoms with E-state index in [-0.39, 0.29) is 36.4 Å². The first-order valence-electron chi connectivity index (χ1n) is 14.5.